The van der Waals surface area contributed by atoms with Crippen LogP contribution in [0.1, 0.15) is 43.7 Å². The van der Waals surface area contributed by atoms with Crippen LogP contribution in [0.15, 0.2) is 58.6 Å². The highest BCUT2D eigenvalue weighted by atomic mass is 35.5. The van der Waals surface area contributed by atoms with E-state index in [0.717, 1.165) is 0 Å². The monoisotopic (exact) mass is 496 g/mol. The second-order valence-electron chi connectivity index (χ2n) is 9.08. The third-order valence-corrected chi connectivity index (χ3v) is 6.03. The fourth-order valence-electron chi connectivity index (χ4n) is 3.91. The molecule has 0 bridgehead atoms. The van der Waals surface area contributed by atoms with Gasteiger partial charge in [-0.2, -0.15) is 0 Å². The van der Waals surface area contributed by atoms with Gasteiger partial charge in [0.25, 0.3) is 5.78 Å². The molecule has 1 atom stereocenters. The molecule has 1 amide bonds. The van der Waals surface area contributed by atoms with Gasteiger partial charge in [0.2, 0.25) is 0 Å². The van der Waals surface area contributed by atoms with Gasteiger partial charge in [0.15, 0.2) is 5.82 Å². The number of methoxy groups -OCH3 is 2. The lowest BCUT2D eigenvalue weighted by Crippen LogP contribution is -2.30. The average Bonchev–Trinajstić information content (AvgIpc) is 3.42. The number of ketones is 1. The zero-order chi connectivity index (χ0) is 25.5. The van der Waals surface area contributed by atoms with Crippen molar-refractivity contribution in [2.45, 2.75) is 32.2 Å². The Hall–Kier alpha value is -3.78. The maximum absolute atomic E-state index is 13.4. The Balaban J connectivity index is 1.99. The molecule has 1 aliphatic rings. The summed E-state index contributed by atoms with van der Waals surface area (Å²) in [5, 5.41) is 15.8. The van der Waals surface area contributed by atoms with Gasteiger partial charge in [0.1, 0.15) is 29.1 Å². The van der Waals surface area contributed by atoms with Crippen molar-refractivity contribution in [1.82, 2.24) is 5.16 Å². The third-order valence-electron chi connectivity index (χ3n) is 5.78. The number of carbonyl (C=O) groups is 2. The summed E-state index contributed by atoms with van der Waals surface area (Å²) in [5.41, 5.74) is 0.256. The molecule has 2 aromatic carbocycles. The van der Waals surface area contributed by atoms with Crippen LogP contribution in [0, 0.1) is 0 Å². The summed E-state index contributed by atoms with van der Waals surface area (Å²) in [4.78, 5) is 27.9. The fraction of sp³-hybridized carbons (Fsp3) is 0.269. The molecule has 0 radical (unpaired) electrons. The molecule has 8 nitrogen and oxygen atoms in total. The number of Topliss-reactive ketones (excluding diaryl/α,β-unsaturated/α-hetero) is 1. The van der Waals surface area contributed by atoms with Crippen LogP contribution < -0.4 is 14.4 Å². The van der Waals surface area contributed by atoms with Crippen LogP contribution in [0.25, 0.3) is 5.76 Å². The zero-order valence-corrected chi connectivity index (χ0v) is 20.7. The molecule has 1 fully saturated rings. The van der Waals surface area contributed by atoms with Gasteiger partial charge in [-0.1, -0.05) is 37.5 Å². The summed E-state index contributed by atoms with van der Waals surface area (Å²) in [5.74, 6) is -0.531. The molecule has 1 aromatic heterocycles. The van der Waals surface area contributed by atoms with Gasteiger partial charge in [-0.25, -0.2) is 0 Å². The average molecular weight is 497 g/mol. The Morgan fingerprint density at radius 3 is 2.31 bits per heavy atom. The topological polar surface area (TPSA) is 102 Å². The Morgan fingerprint density at radius 2 is 1.74 bits per heavy atom. The van der Waals surface area contributed by atoms with E-state index in [-0.39, 0.29) is 22.6 Å². The van der Waals surface area contributed by atoms with Crippen molar-refractivity contribution in [3.63, 3.8) is 0 Å². The molecule has 0 saturated carbocycles. The highest BCUT2D eigenvalue weighted by molar-refractivity contribution is 6.51. The number of hydrogen-bond acceptors (Lipinski definition) is 7. The van der Waals surface area contributed by atoms with Crippen molar-refractivity contribution in [2.24, 2.45) is 0 Å². The van der Waals surface area contributed by atoms with E-state index in [1.807, 2.05) is 20.8 Å². The quantitative estimate of drug-likeness (QED) is 0.291. The third kappa shape index (κ3) is 4.37. The highest BCUT2D eigenvalue weighted by Crippen LogP contribution is 2.46. The van der Waals surface area contributed by atoms with Crippen LogP contribution in [0.4, 0.5) is 5.82 Å². The fourth-order valence-corrected chi connectivity index (χ4v) is 4.04. The standard InChI is InChI=1S/C26H25ClN2O6/c1-26(2,3)19-13-20(28-35-19)29-22(17-12-16(33-4)10-11-18(17)34-5)21(24(31)25(29)32)23(30)14-6-8-15(27)9-7-14/h6-13,22,30H,1-5H3/t22-/m1/s1. The van der Waals surface area contributed by atoms with Crippen LogP contribution in [0.5, 0.6) is 11.5 Å². The van der Waals surface area contributed by atoms with E-state index >= 15 is 0 Å². The minimum Gasteiger partial charge on any atom is -0.507 e. The number of halogens is 1. The molecule has 35 heavy (non-hydrogen) atoms. The number of ether oxygens (including phenoxy) is 2. The van der Waals surface area contributed by atoms with Gasteiger partial charge in [-0.15, -0.1) is 0 Å². The van der Waals surface area contributed by atoms with E-state index in [1.54, 1.807) is 48.5 Å². The van der Waals surface area contributed by atoms with Crippen LogP contribution in [0.2, 0.25) is 5.02 Å². The number of amides is 1. The van der Waals surface area contributed by atoms with Crippen LogP contribution >= 0.6 is 11.6 Å². The molecule has 3 aromatic rings. The zero-order valence-electron chi connectivity index (χ0n) is 20.0. The predicted octanol–water partition coefficient (Wildman–Crippen LogP) is 5.27. The van der Waals surface area contributed by atoms with Gasteiger partial charge in [0.05, 0.1) is 19.8 Å². The van der Waals surface area contributed by atoms with Crippen LogP contribution in [0.3, 0.4) is 0 Å². The van der Waals surface area contributed by atoms with Crippen molar-refractivity contribution in [3.8, 4) is 11.5 Å². The molecule has 1 aliphatic heterocycles. The first kappa shape index (κ1) is 24.3. The summed E-state index contributed by atoms with van der Waals surface area (Å²) in [7, 11) is 2.98. The molecule has 0 aliphatic carbocycles. The molecule has 9 heteroatoms. The van der Waals surface area contributed by atoms with Gasteiger partial charge >= 0.3 is 5.91 Å². The Labute approximate surface area is 207 Å². The first-order valence-electron chi connectivity index (χ1n) is 10.8. The molecular formula is C26H25ClN2O6. The minimum atomic E-state index is -1.06. The van der Waals surface area contributed by atoms with E-state index in [1.165, 1.54) is 19.1 Å². The van der Waals surface area contributed by atoms with E-state index in [4.69, 9.17) is 25.6 Å². The summed E-state index contributed by atoms with van der Waals surface area (Å²) in [6.45, 7) is 5.82. The number of carbonyl (C=O) groups excluding carboxylic acids is 2. The molecule has 0 unspecified atom stereocenters. The number of aliphatic hydroxyl groups excluding tert-OH is 1. The summed E-state index contributed by atoms with van der Waals surface area (Å²) < 4.78 is 16.4. The molecule has 1 N–H and O–H groups in total. The minimum absolute atomic E-state index is 0.121. The van der Waals surface area contributed by atoms with Gasteiger partial charge in [-0.05, 0) is 42.5 Å². The number of hydrogen-bond donors (Lipinski definition) is 1. The Morgan fingerprint density at radius 1 is 1.06 bits per heavy atom. The van der Waals surface area contributed by atoms with Gasteiger partial charge in [0, 0.05) is 27.6 Å². The number of anilines is 1. The maximum Gasteiger partial charge on any atom is 0.301 e. The Bertz CT molecular complexity index is 1320. The Kier molecular flexibility index (Phi) is 6.34. The highest BCUT2D eigenvalue weighted by Gasteiger charge is 2.49. The summed E-state index contributed by atoms with van der Waals surface area (Å²) in [6.07, 6.45) is 0. The van der Waals surface area contributed by atoms with E-state index < -0.39 is 17.7 Å². The number of nitrogens with zero attached hydrogens (tertiary/aromatic N) is 2. The predicted molar refractivity (Wildman–Crippen MR) is 131 cm³/mol. The van der Waals surface area contributed by atoms with Crippen molar-refractivity contribution in [1.29, 1.82) is 0 Å². The van der Waals surface area contributed by atoms with E-state index in [9.17, 15) is 14.7 Å². The summed E-state index contributed by atoms with van der Waals surface area (Å²) >= 11 is 5.99. The molecular weight excluding hydrogens is 472 g/mol. The number of rotatable bonds is 5. The lowest BCUT2D eigenvalue weighted by Gasteiger charge is -2.25. The van der Waals surface area contributed by atoms with Gasteiger partial charge in [-0.3, -0.25) is 14.5 Å². The summed E-state index contributed by atoms with van der Waals surface area (Å²) in [6, 6.07) is 11.9. The van der Waals surface area contributed by atoms with Crippen LogP contribution in [-0.4, -0.2) is 36.2 Å². The SMILES string of the molecule is COc1ccc(OC)c([C@@H]2C(=C(O)c3ccc(Cl)cc3)C(=O)C(=O)N2c2cc(C(C)(C)C)on2)c1. The number of benzene rings is 2. The second-order valence-corrected chi connectivity index (χ2v) is 9.52. The molecule has 4 rings (SSSR count). The van der Waals surface area contributed by atoms with E-state index in [2.05, 4.69) is 5.16 Å². The van der Waals surface area contributed by atoms with Crippen molar-refractivity contribution < 1.29 is 28.7 Å². The van der Waals surface area contributed by atoms with Gasteiger partial charge < -0.3 is 19.1 Å². The first-order valence-corrected chi connectivity index (χ1v) is 11.2. The lowest BCUT2D eigenvalue weighted by atomic mass is 9.93. The molecule has 0 spiro atoms. The molecule has 182 valence electrons. The largest absolute Gasteiger partial charge is 0.507 e. The second kappa shape index (κ2) is 9.11. The number of aliphatic hydroxyl groups is 1. The normalized spacial score (nSPS) is 17.7. The molecule has 1 saturated heterocycles. The van der Waals surface area contributed by atoms with Crippen molar-refractivity contribution >= 4 is 34.9 Å². The van der Waals surface area contributed by atoms with E-state index in [0.29, 0.717) is 33.4 Å². The van der Waals surface area contributed by atoms with Crippen molar-refractivity contribution in [2.75, 3.05) is 19.1 Å². The van der Waals surface area contributed by atoms with Crippen molar-refractivity contribution in [3.05, 3.63) is 76.0 Å². The smallest absolute Gasteiger partial charge is 0.301 e. The van der Waals surface area contributed by atoms with Crippen LogP contribution in [-0.2, 0) is 15.0 Å². The maximum atomic E-state index is 13.4. The lowest BCUT2D eigenvalue weighted by molar-refractivity contribution is -0.132. The molecule has 2 heterocycles. The number of aromatic nitrogens is 1. The first-order chi connectivity index (χ1) is 16.6.